The molecule has 0 bridgehead atoms. The Morgan fingerprint density at radius 3 is 2.78 bits per heavy atom. The molecule has 0 aliphatic rings. The van der Waals surface area contributed by atoms with E-state index in [1.54, 1.807) is 18.7 Å². The molecule has 0 atom stereocenters. The summed E-state index contributed by atoms with van der Waals surface area (Å²) in [5, 5.41) is 6.57. The molecule has 0 aliphatic carbocycles. The standard InChI is InChI=1S/C20H20N4O2S/c1-25-17-11-5-10-16(13-22-24-20-23-18(21)14-27-20)19(17)26-12-6-9-15-7-3-2-4-8-15/h2-11,13-14H,12,21H2,1H3,(H,23,24). The summed E-state index contributed by atoms with van der Waals surface area (Å²) < 4.78 is 11.3. The van der Waals surface area contributed by atoms with E-state index in [2.05, 4.69) is 15.5 Å². The van der Waals surface area contributed by atoms with Crippen LogP contribution in [0.4, 0.5) is 10.9 Å². The molecule has 2 aromatic carbocycles. The second-order valence-electron chi connectivity index (χ2n) is 5.45. The summed E-state index contributed by atoms with van der Waals surface area (Å²) in [4.78, 5) is 4.09. The monoisotopic (exact) mass is 380 g/mol. The minimum absolute atomic E-state index is 0.409. The summed E-state index contributed by atoms with van der Waals surface area (Å²) in [6.07, 6.45) is 5.63. The number of nitrogens with two attached hydrogens (primary N) is 1. The van der Waals surface area contributed by atoms with Crippen molar-refractivity contribution in [2.24, 2.45) is 5.10 Å². The molecule has 3 rings (SSSR count). The maximum Gasteiger partial charge on any atom is 0.205 e. The van der Waals surface area contributed by atoms with E-state index in [0.717, 1.165) is 11.1 Å². The summed E-state index contributed by atoms with van der Waals surface area (Å²) in [6, 6.07) is 15.7. The second kappa shape index (κ2) is 9.40. The van der Waals surface area contributed by atoms with Crippen LogP contribution >= 0.6 is 11.3 Å². The first-order valence-corrected chi connectivity index (χ1v) is 9.15. The zero-order valence-corrected chi connectivity index (χ0v) is 15.6. The van der Waals surface area contributed by atoms with Crippen molar-refractivity contribution < 1.29 is 9.47 Å². The molecule has 1 heterocycles. The molecule has 6 nitrogen and oxygen atoms in total. The summed E-state index contributed by atoms with van der Waals surface area (Å²) in [5.74, 6) is 1.74. The third-order valence-corrected chi connectivity index (χ3v) is 4.31. The number of benzene rings is 2. The summed E-state index contributed by atoms with van der Waals surface area (Å²) in [7, 11) is 1.61. The number of thiazole rings is 1. The quantitative estimate of drug-likeness (QED) is 0.450. The van der Waals surface area contributed by atoms with Crippen LogP contribution in [0, 0.1) is 0 Å². The van der Waals surface area contributed by atoms with Crippen molar-refractivity contribution >= 4 is 34.6 Å². The molecular formula is C20H20N4O2S. The van der Waals surface area contributed by atoms with Crippen molar-refractivity contribution in [1.82, 2.24) is 4.98 Å². The van der Waals surface area contributed by atoms with Gasteiger partial charge in [-0.15, -0.1) is 11.3 Å². The van der Waals surface area contributed by atoms with E-state index in [-0.39, 0.29) is 0 Å². The number of hydrazone groups is 1. The van der Waals surface area contributed by atoms with E-state index < -0.39 is 0 Å². The number of nitrogens with zero attached hydrogens (tertiary/aromatic N) is 2. The lowest BCUT2D eigenvalue weighted by molar-refractivity contribution is 0.326. The molecule has 1 aromatic heterocycles. The molecule has 0 spiro atoms. The van der Waals surface area contributed by atoms with E-state index in [0.29, 0.717) is 29.1 Å². The molecule has 0 fully saturated rings. The zero-order valence-electron chi connectivity index (χ0n) is 14.8. The highest BCUT2D eigenvalue weighted by molar-refractivity contribution is 7.14. The van der Waals surface area contributed by atoms with Crippen LogP contribution in [-0.4, -0.2) is 24.9 Å². The van der Waals surface area contributed by atoms with E-state index in [1.807, 2.05) is 60.7 Å². The number of hydrogen-bond donors (Lipinski definition) is 2. The first-order chi connectivity index (χ1) is 13.3. The number of anilines is 2. The molecule has 3 N–H and O–H groups in total. The van der Waals surface area contributed by atoms with Gasteiger partial charge in [0.25, 0.3) is 0 Å². The van der Waals surface area contributed by atoms with Crippen LogP contribution in [0.1, 0.15) is 11.1 Å². The van der Waals surface area contributed by atoms with Gasteiger partial charge in [-0.3, -0.25) is 5.43 Å². The van der Waals surface area contributed by atoms with Gasteiger partial charge >= 0.3 is 0 Å². The van der Waals surface area contributed by atoms with Crippen molar-refractivity contribution in [3.63, 3.8) is 0 Å². The Morgan fingerprint density at radius 2 is 2.04 bits per heavy atom. The first-order valence-electron chi connectivity index (χ1n) is 8.28. The van der Waals surface area contributed by atoms with Gasteiger partial charge in [-0.2, -0.15) is 5.10 Å². The summed E-state index contributed by atoms with van der Waals surface area (Å²) in [6.45, 7) is 0.409. The fourth-order valence-corrected chi connectivity index (χ4v) is 2.87. The lowest BCUT2D eigenvalue weighted by Gasteiger charge is -2.11. The molecule has 0 amide bonds. The number of methoxy groups -OCH3 is 1. The average molecular weight is 380 g/mol. The number of hydrogen-bond acceptors (Lipinski definition) is 7. The molecule has 0 saturated carbocycles. The van der Waals surface area contributed by atoms with Crippen molar-refractivity contribution in [3.05, 3.63) is 71.1 Å². The summed E-state index contributed by atoms with van der Waals surface area (Å²) >= 11 is 1.39. The minimum Gasteiger partial charge on any atom is -0.493 e. The number of nitrogen functional groups attached to an aromatic ring is 1. The van der Waals surface area contributed by atoms with Crippen LogP contribution in [0.2, 0.25) is 0 Å². The highest BCUT2D eigenvalue weighted by atomic mass is 32.1. The highest BCUT2D eigenvalue weighted by Crippen LogP contribution is 2.30. The van der Waals surface area contributed by atoms with Gasteiger partial charge in [0.2, 0.25) is 5.13 Å². The van der Waals surface area contributed by atoms with Gasteiger partial charge in [-0.25, -0.2) is 4.98 Å². The van der Waals surface area contributed by atoms with Gasteiger partial charge in [0.15, 0.2) is 11.5 Å². The van der Waals surface area contributed by atoms with Gasteiger partial charge in [0, 0.05) is 10.9 Å². The Bertz CT molecular complexity index is 923. The third kappa shape index (κ3) is 5.32. The van der Waals surface area contributed by atoms with Gasteiger partial charge in [0.05, 0.1) is 13.3 Å². The number of rotatable bonds is 8. The van der Waals surface area contributed by atoms with E-state index >= 15 is 0 Å². The van der Waals surface area contributed by atoms with Crippen LogP contribution in [0.25, 0.3) is 6.08 Å². The molecule has 0 aliphatic heterocycles. The maximum absolute atomic E-state index is 5.92. The Kier molecular flexibility index (Phi) is 6.43. The number of ether oxygens (including phenoxy) is 2. The SMILES string of the molecule is COc1cccc(C=NNc2nc(N)cs2)c1OCC=Cc1ccccc1. The van der Waals surface area contributed by atoms with Crippen LogP contribution in [-0.2, 0) is 0 Å². The fourth-order valence-electron chi connectivity index (χ4n) is 2.32. The van der Waals surface area contributed by atoms with Crippen LogP contribution in [0.3, 0.4) is 0 Å². The largest absolute Gasteiger partial charge is 0.493 e. The summed E-state index contributed by atoms with van der Waals surface area (Å²) in [5.41, 5.74) is 10.4. The molecule has 0 unspecified atom stereocenters. The fraction of sp³-hybridized carbons (Fsp3) is 0.100. The van der Waals surface area contributed by atoms with Crippen molar-refractivity contribution in [3.8, 4) is 11.5 Å². The number of aromatic nitrogens is 1. The predicted molar refractivity (Wildman–Crippen MR) is 112 cm³/mol. The zero-order chi connectivity index (χ0) is 18.9. The Labute approximate surface area is 162 Å². The molecule has 7 heteroatoms. The minimum atomic E-state index is 0.409. The first kappa shape index (κ1) is 18.5. The Hall–Kier alpha value is -3.32. The topological polar surface area (TPSA) is 81.8 Å². The molecule has 0 radical (unpaired) electrons. The number of para-hydroxylation sites is 1. The third-order valence-electron chi connectivity index (χ3n) is 3.55. The lowest BCUT2D eigenvalue weighted by Crippen LogP contribution is -2.01. The second-order valence-corrected chi connectivity index (χ2v) is 6.31. The average Bonchev–Trinajstić information content (AvgIpc) is 3.11. The highest BCUT2D eigenvalue weighted by Gasteiger charge is 2.08. The van der Waals surface area contributed by atoms with Gasteiger partial charge < -0.3 is 15.2 Å². The van der Waals surface area contributed by atoms with Crippen LogP contribution in [0.5, 0.6) is 11.5 Å². The Balaban J connectivity index is 1.68. The van der Waals surface area contributed by atoms with Crippen molar-refractivity contribution in [1.29, 1.82) is 0 Å². The van der Waals surface area contributed by atoms with E-state index in [4.69, 9.17) is 15.2 Å². The predicted octanol–water partition coefficient (Wildman–Crippen LogP) is 4.27. The molecule has 0 saturated heterocycles. The normalized spacial score (nSPS) is 11.1. The molecule has 138 valence electrons. The molecule has 3 aromatic rings. The van der Waals surface area contributed by atoms with Crippen molar-refractivity contribution in [2.75, 3.05) is 24.9 Å². The van der Waals surface area contributed by atoms with Crippen LogP contribution < -0.4 is 20.6 Å². The lowest BCUT2D eigenvalue weighted by atomic mass is 10.2. The van der Waals surface area contributed by atoms with Gasteiger partial charge in [-0.05, 0) is 23.8 Å². The van der Waals surface area contributed by atoms with Crippen LogP contribution in [0.15, 0.2) is 65.1 Å². The van der Waals surface area contributed by atoms with Gasteiger partial charge in [-0.1, -0.05) is 42.5 Å². The molecule has 27 heavy (non-hydrogen) atoms. The Morgan fingerprint density at radius 1 is 1.19 bits per heavy atom. The molecular weight excluding hydrogens is 360 g/mol. The van der Waals surface area contributed by atoms with E-state index in [1.165, 1.54) is 11.3 Å². The van der Waals surface area contributed by atoms with E-state index in [9.17, 15) is 0 Å². The number of nitrogens with one attached hydrogen (secondary N) is 1. The van der Waals surface area contributed by atoms with Crippen molar-refractivity contribution in [2.45, 2.75) is 0 Å². The smallest absolute Gasteiger partial charge is 0.205 e. The van der Waals surface area contributed by atoms with Gasteiger partial charge in [0.1, 0.15) is 12.4 Å². The maximum atomic E-state index is 5.92.